The van der Waals surface area contributed by atoms with Crippen LogP contribution in [-0.4, -0.2) is 38.4 Å². The lowest BCUT2D eigenvalue weighted by atomic mass is 10.0. The quantitative estimate of drug-likeness (QED) is 0.126. The predicted molar refractivity (Wildman–Crippen MR) is 127 cm³/mol. The molecule has 0 saturated heterocycles. The number of rotatable bonds is 23. The summed E-state index contributed by atoms with van der Waals surface area (Å²) in [5.74, 6) is -0.578. The highest BCUT2D eigenvalue weighted by Crippen LogP contribution is 2.13. The smallest absolute Gasteiger partial charge is 0.332 e. The lowest BCUT2D eigenvalue weighted by molar-refractivity contribution is -0.156. The van der Waals surface area contributed by atoms with Gasteiger partial charge in [0.1, 0.15) is 13.2 Å². The van der Waals surface area contributed by atoms with Gasteiger partial charge in [-0.25, -0.2) is 9.59 Å². The first-order valence-corrected chi connectivity index (χ1v) is 12.9. The minimum atomic E-state index is -0.445. The fraction of sp³-hybridized carbons (Fsp3) is 0.923. The summed E-state index contributed by atoms with van der Waals surface area (Å²) in [5.41, 5.74) is 0. The van der Waals surface area contributed by atoms with E-state index >= 15 is 0 Å². The van der Waals surface area contributed by atoms with Crippen molar-refractivity contribution >= 4 is 11.9 Å². The molecule has 31 heavy (non-hydrogen) atoms. The van der Waals surface area contributed by atoms with E-state index in [2.05, 4.69) is 6.92 Å². The molecular weight excluding hydrogens is 392 g/mol. The number of ether oxygens (including phenoxy) is 3. The summed E-state index contributed by atoms with van der Waals surface area (Å²) in [7, 11) is 0. The second-order valence-electron chi connectivity index (χ2n) is 9.09. The first-order valence-electron chi connectivity index (χ1n) is 12.9. The molecule has 0 bridgehead atoms. The molecule has 0 aliphatic heterocycles. The Morgan fingerprint density at radius 2 is 0.968 bits per heavy atom. The van der Waals surface area contributed by atoms with Crippen molar-refractivity contribution in [2.24, 2.45) is 5.92 Å². The summed E-state index contributed by atoms with van der Waals surface area (Å²) in [4.78, 5) is 22.9. The van der Waals surface area contributed by atoms with Gasteiger partial charge in [0.2, 0.25) is 0 Å². The van der Waals surface area contributed by atoms with Crippen LogP contribution in [0.2, 0.25) is 0 Å². The normalized spacial score (nSPS) is 11.1. The van der Waals surface area contributed by atoms with E-state index in [1.54, 1.807) is 0 Å². The zero-order valence-corrected chi connectivity index (χ0v) is 20.8. The van der Waals surface area contributed by atoms with Crippen LogP contribution in [0.1, 0.15) is 124 Å². The molecule has 0 saturated carbocycles. The maximum atomic E-state index is 11.6. The summed E-state index contributed by atoms with van der Waals surface area (Å²) >= 11 is 0. The van der Waals surface area contributed by atoms with E-state index in [4.69, 9.17) is 14.2 Å². The molecule has 0 amide bonds. The maximum Gasteiger partial charge on any atom is 0.332 e. The largest absolute Gasteiger partial charge is 0.464 e. The van der Waals surface area contributed by atoms with Crippen LogP contribution < -0.4 is 0 Å². The average molecular weight is 443 g/mol. The van der Waals surface area contributed by atoms with Gasteiger partial charge >= 0.3 is 11.9 Å². The molecule has 0 aromatic rings. The Morgan fingerprint density at radius 3 is 1.39 bits per heavy atom. The topological polar surface area (TPSA) is 61.8 Å². The van der Waals surface area contributed by atoms with Gasteiger partial charge in [-0.15, -0.1) is 0 Å². The van der Waals surface area contributed by atoms with Gasteiger partial charge in [0, 0.05) is 0 Å². The van der Waals surface area contributed by atoms with E-state index in [0.29, 0.717) is 13.2 Å². The van der Waals surface area contributed by atoms with Gasteiger partial charge < -0.3 is 14.2 Å². The van der Waals surface area contributed by atoms with E-state index in [1.165, 1.54) is 89.9 Å². The van der Waals surface area contributed by atoms with Crippen LogP contribution in [0, 0.1) is 5.92 Å². The molecule has 0 heterocycles. The Morgan fingerprint density at radius 1 is 0.581 bits per heavy atom. The van der Waals surface area contributed by atoms with E-state index in [0.717, 1.165) is 12.8 Å². The fourth-order valence-electron chi connectivity index (χ4n) is 3.40. The van der Waals surface area contributed by atoms with Crippen molar-refractivity contribution in [2.45, 2.75) is 124 Å². The first-order chi connectivity index (χ1) is 15.1. The summed E-state index contributed by atoms with van der Waals surface area (Å²) in [6.45, 7) is 6.59. The molecule has 0 rings (SSSR count). The third-order valence-corrected chi connectivity index (χ3v) is 5.28. The maximum absolute atomic E-state index is 11.6. The van der Waals surface area contributed by atoms with Gasteiger partial charge in [-0.2, -0.15) is 0 Å². The molecule has 5 nitrogen and oxygen atoms in total. The minimum absolute atomic E-state index is 0.199. The first kappa shape index (κ1) is 29.9. The summed E-state index contributed by atoms with van der Waals surface area (Å²) in [6, 6.07) is 0. The zero-order valence-electron chi connectivity index (χ0n) is 20.8. The van der Waals surface area contributed by atoms with Gasteiger partial charge in [0.05, 0.1) is 13.2 Å². The lowest BCUT2D eigenvalue weighted by Gasteiger charge is -2.08. The summed E-state index contributed by atoms with van der Waals surface area (Å²) in [5, 5.41) is 0. The van der Waals surface area contributed by atoms with Crippen molar-refractivity contribution in [2.75, 3.05) is 26.4 Å². The van der Waals surface area contributed by atoms with Crippen molar-refractivity contribution in [1.29, 1.82) is 0 Å². The molecule has 0 aliphatic carbocycles. The number of carbonyl (C=O) groups excluding carboxylic acids is 2. The van der Waals surface area contributed by atoms with Gasteiger partial charge in [-0.3, -0.25) is 0 Å². The summed E-state index contributed by atoms with van der Waals surface area (Å²) < 4.78 is 15.1. The molecule has 184 valence electrons. The minimum Gasteiger partial charge on any atom is -0.464 e. The van der Waals surface area contributed by atoms with Crippen LogP contribution in [0.4, 0.5) is 0 Å². The highest BCUT2D eigenvalue weighted by molar-refractivity contribution is 5.73. The van der Waals surface area contributed by atoms with Crippen molar-refractivity contribution in [3.63, 3.8) is 0 Å². The standard InChI is InChI=1S/C26H50O5/c1-4-5-6-7-8-9-10-11-12-13-14-15-16-17-18-19-20-30-25(27)22-29-23-26(28)31-21-24(2)3/h24H,4-23H2,1-3H3. The third kappa shape index (κ3) is 25.0. The zero-order chi connectivity index (χ0) is 23.0. The summed E-state index contributed by atoms with van der Waals surface area (Å²) in [6.07, 6.45) is 21.1. The molecular formula is C26H50O5. The second kappa shape index (κ2) is 23.6. The number of hydrogen-bond donors (Lipinski definition) is 0. The molecule has 0 aromatic carbocycles. The van der Waals surface area contributed by atoms with Crippen LogP contribution in [0.3, 0.4) is 0 Å². The third-order valence-electron chi connectivity index (χ3n) is 5.28. The van der Waals surface area contributed by atoms with Crippen molar-refractivity contribution in [3.8, 4) is 0 Å². The van der Waals surface area contributed by atoms with Crippen molar-refractivity contribution in [1.82, 2.24) is 0 Å². The fourth-order valence-corrected chi connectivity index (χ4v) is 3.40. The van der Waals surface area contributed by atoms with Gasteiger partial charge in [-0.1, -0.05) is 117 Å². The Kier molecular flexibility index (Phi) is 22.7. The van der Waals surface area contributed by atoms with E-state index in [1.807, 2.05) is 13.8 Å². The Labute approximate surface area is 192 Å². The Hall–Kier alpha value is -1.10. The molecule has 0 aliphatic rings. The average Bonchev–Trinajstić information content (AvgIpc) is 2.74. The van der Waals surface area contributed by atoms with Gasteiger partial charge in [-0.05, 0) is 12.3 Å². The van der Waals surface area contributed by atoms with E-state index in [-0.39, 0.29) is 19.1 Å². The van der Waals surface area contributed by atoms with Crippen molar-refractivity contribution < 1.29 is 23.8 Å². The van der Waals surface area contributed by atoms with Crippen LogP contribution in [0.5, 0.6) is 0 Å². The number of hydrogen-bond acceptors (Lipinski definition) is 5. The van der Waals surface area contributed by atoms with Crippen LogP contribution in [-0.2, 0) is 23.8 Å². The SMILES string of the molecule is CCCCCCCCCCCCCCCCCCOC(=O)COCC(=O)OCC(C)C. The predicted octanol–water partition coefficient (Wildman–Crippen LogP) is 7.01. The van der Waals surface area contributed by atoms with Gasteiger partial charge in [0.25, 0.3) is 0 Å². The molecule has 5 heteroatoms. The van der Waals surface area contributed by atoms with E-state index in [9.17, 15) is 9.59 Å². The second-order valence-corrected chi connectivity index (χ2v) is 9.09. The molecule has 0 aromatic heterocycles. The Bertz CT molecular complexity index is 409. The molecule has 0 radical (unpaired) electrons. The lowest BCUT2D eigenvalue weighted by Crippen LogP contribution is -2.20. The molecule has 0 unspecified atom stereocenters. The van der Waals surface area contributed by atoms with Crippen LogP contribution in [0.15, 0.2) is 0 Å². The highest BCUT2D eigenvalue weighted by Gasteiger charge is 2.08. The van der Waals surface area contributed by atoms with Gasteiger partial charge in [0.15, 0.2) is 0 Å². The molecule has 0 N–H and O–H groups in total. The highest BCUT2D eigenvalue weighted by atomic mass is 16.6. The van der Waals surface area contributed by atoms with Crippen molar-refractivity contribution in [3.05, 3.63) is 0 Å². The van der Waals surface area contributed by atoms with Crippen LogP contribution >= 0.6 is 0 Å². The monoisotopic (exact) mass is 442 g/mol. The molecule has 0 fully saturated rings. The Balaban J connectivity index is 3.22. The molecule has 0 atom stereocenters. The number of esters is 2. The number of carbonyl (C=O) groups is 2. The number of unbranched alkanes of at least 4 members (excludes halogenated alkanes) is 15. The van der Waals surface area contributed by atoms with E-state index < -0.39 is 11.9 Å². The van der Waals surface area contributed by atoms with Crippen LogP contribution in [0.25, 0.3) is 0 Å². The molecule has 0 spiro atoms.